The monoisotopic (exact) mass is 441 g/mol. The molecule has 0 radical (unpaired) electrons. The first kappa shape index (κ1) is 21.5. The van der Waals surface area contributed by atoms with Gasteiger partial charge in [-0.05, 0) is 59.8 Å². The molecule has 27 heavy (non-hydrogen) atoms. The van der Waals surface area contributed by atoms with Crippen LogP contribution in [0, 0.1) is 0 Å². The third kappa shape index (κ3) is 5.61. The van der Waals surface area contributed by atoms with E-state index in [1.807, 2.05) is 18.2 Å². The zero-order chi connectivity index (χ0) is 20.6. The number of carbonyl (C=O) groups is 2. The minimum Gasteiger partial charge on any atom is -0.487 e. The minimum absolute atomic E-state index is 0.0102. The van der Waals surface area contributed by atoms with Crippen LogP contribution in [0.3, 0.4) is 0 Å². The highest BCUT2D eigenvalue weighted by Gasteiger charge is 2.42. The van der Waals surface area contributed by atoms with Gasteiger partial charge < -0.3 is 14.6 Å². The van der Waals surface area contributed by atoms with Gasteiger partial charge in [-0.25, -0.2) is 9.59 Å². The van der Waals surface area contributed by atoms with Gasteiger partial charge in [0.05, 0.1) is 11.0 Å². The molecule has 1 aliphatic rings. The summed E-state index contributed by atoms with van der Waals surface area (Å²) in [5.74, 6) is -0.433. The van der Waals surface area contributed by atoms with Crippen LogP contribution in [0.15, 0.2) is 22.7 Å². The number of carboxylic acid groups (broad SMARTS) is 1. The SMILES string of the molecule is CC(C)(C)OC(=O)N1C[C@H](Oc2ccc(C(C)(C)C)cc2Br)C[C@H]1C(=O)O. The number of carbonyl (C=O) groups excluding carboxylic acids is 1. The average molecular weight is 442 g/mol. The first-order valence-corrected chi connectivity index (χ1v) is 9.76. The van der Waals surface area contributed by atoms with Gasteiger partial charge in [0.25, 0.3) is 0 Å². The summed E-state index contributed by atoms with van der Waals surface area (Å²) in [7, 11) is 0. The van der Waals surface area contributed by atoms with E-state index >= 15 is 0 Å². The second-order valence-electron chi connectivity index (χ2n) is 8.86. The van der Waals surface area contributed by atoms with Crippen molar-refractivity contribution in [3.63, 3.8) is 0 Å². The fourth-order valence-corrected chi connectivity index (χ4v) is 3.35. The standard InChI is InChI=1S/C20H28BrNO5/c1-19(2,3)12-7-8-16(14(21)9-12)26-13-10-15(17(23)24)22(11-13)18(25)27-20(4,5)6/h7-9,13,15H,10-11H2,1-6H3,(H,23,24)/t13-,15+/m1/s1. The van der Waals surface area contributed by atoms with E-state index < -0.39 is 29.8 Å². The maximum atomic E-state index is 12.4. The van der Waals surface area contributed by atoms with E-state index in [1.165, 1.54) is 4.90 Å². The Kier molecular flexibility index (Phi) is 6.14. The smallest absolute Gasteiger partial charge is 0.411 e. The molecular formula is C20H28BrNO5. The molecule has 1 aliphatic heterocycles. The van der Waals surface area contributed by atoms with Gasteiger partial charge in [0.1, 0.15) is 23.5 Å². The maximum absolute atomic E-state index is 12.4. The summed E-state index contributed by atoms with van der Waals surface area (Å²) < 4.78 is 12.1. The van der Waals surface area contributed by atoms with Gasteiger partial charge in [-0.15, -0.1) is 0 Å². The molecule has 150 valence electrons. The van der Waals surface area contributed by atoms with Gasteiger partial charge in [-0.3, -0.25) is 4.90 Å². The maximum Gasteiger partial charge on any atom is 0.411 e. The average Bonchev–Trinajstić information content (AvgIpc) is 2.91. The summed E-state index contributed by atoms with van der Waals surface area (Å²) in [5, 5.41) is 9.48. The predicted octanol–water partition coefficient (Wildman–Crippen LogP) is 4.59. The molecule has 7 heteroatoms. The summed E-state index contributed by atoms with van der Waals surface area (Å²) in [4.78, 5) is 25.2. The van der Waals surface area contributed by atoms with E-state index in [4.69, 9.17) is 9.47 Å². The Bertz CT molecular complexity index is 720. The van der Waals surface area contributed by atoms with E-state index in [2.05, 4.69) is 36.7 Å². The lowest BCUT2D eigenvalue weighted by molar-refractivity contribution is -0.142. The Morgan fingerprint density at radius 3 is 2.30 bits per heavy atom. The number of carboxylic acids is 1. The fraction of sp³-hybridized carbons (Fsp3) is 0.600. The van der Waals surface area contributed by atoms with Crippen molar-refractivity contribution >= 4 is 28.0 Å². The summed E-state index contributed by atoms with van der Waals surface area (Å²) in [5.41, 5.74) is 0.480. The quantitative estimate of drug-likeness (QED) is 0.741. The number of rotatable bonds is 3. The van der Waals surface area contributed by atoms with Crippen molar-refractivity contribution in [3.05, 3.63) is 28.2 Å². The third-order valence-electron chi connectivity index (χ3n) is 4.27. The van der Waals surface area contributed by atoms with E-state index in [1.54, 1.807) is 20.8 Å². The molecule has 1 aromatic rings. The van der Waals surface area contributed by atoms with Crippen LogP contribution in [-0.4, -0.2) is 46.4 Å². The number of hydrogen-bond acceptors (Lipinski definition) is 4. The number of aliphatic carboxylic acids is 1. The Hall–Kier alpha value is -1.76. The molecule has 1 fully saturated rings. The van der Waals surface area contributed by atoms with Crippen LogP contribution in [0.1, 0.15) is 53.5 Å². The number of likely N-dealkylation sites (tertiary alicyclic amines) is 1. The van der Waals surface area contributed by atoms with Crippen LogP contribution in [-0.2, 0) is 14.9 Å². The number of amides is 1. The van der Waals surface area contributed by atoms with E-state index in [9.17, 15) is 14.7 Å². The number of benzene rings is 1. The van der Waals surface area contributed by atoms with Gasteiger partial charge in [-0.2, -0.15) is 0 Å². The normalized spacial score (nSPS) is 20.5. The van der Waals surface area contributed by atoms with Crippen molar-refractivity contribution in [2.45, 2.75) is 71.1 Å². The lowest BCUT2D eigenvalue weighted by Gasteiger charge is -2.26. The first-order chi connectivity index (χ1) is 12.3. The molecule has 0 bridgehead atoms. The van der Waals surface area contributed by atoms with Crippen LogP contribution >= 0.6 is 15.9 Å². The molecule has 1 N–H and O–H groups in total. The van der Waals surface area contributed by atoms with Crippen molar-refractivity contribution in [1.29, 1.82) is 0 Å². The van der Waals surface area contributed by atoms with Gasteiger partial charge >= 0.3 is 12.1 Å². The summed E-state index contributed by atoms with van der Waals surface area (Å²) in [6.07, 6.45) is -0.847. The topological polar surface area (TPSA) is 76.1 Å². The van der Waals surface area contributed by atoms with Gasteiger partial charge in [-0.1, -0.05) is 26.8 Å². The number of nitrogens with zero attached hydrogens (tertiary/aromatic N) is 1. The van der Waals surface area contributed by atoms with Crippen molar-refractivity contribution in [3.8, 4) is 5.75 Å². The third-order valence-corrected chi connectivity index (χ3v) is 4.89. The van der Waals surface area contributed by atoms with Crippen LogP contribution in [0.2, 0.25) is 0 Å². The molecule has 2 atom stereocenters. The molecule has 0 aliphatic carbocycles. The zero-order valence-corrected chi connectivity index (χ0v) is 18.3. The Balaban J connectivity index is 2.14. The number of ether oxygens (including phenoxy) is 2. The summed E-state index contributed by atoms with van der Waals surface area (Å²) in [6.45, 7) is 11.8. The van der Waals surface area contributed by atoms with Gasteiger partial charge in [0.2, 0.25) is 0 Å². The van der Waals surface area contributed by atoms with Crippen LogP contribution < -0.4 is 4.74 Å². The molecule has 0 unspecified atom stereocenters. The van der Waals surface area contributed by atoms with Crippen LogP contribution in [0.5, 0.6) is 5.75 Å². The lowest BCUT2D eigenvalue weighted by atomic mass is 9.87. The summed E-state index contributed by atoms with van der Waals surface area (Å²) in [6, 6.07) is 4.91. The van der Waals surface area contributed by atoms with E-state index in [-0.39, 0.29) is 18.4 Å². The number of halogens is 1. The first-order valence-electron chi connectivity index (χ1n) is 8.97. The highest BCUT2D eigenvalue weighted by Crippen LogP contribution is 2.34. The van der Waals surface area contributed by atoms with Crippen molar-refractivity contribution in [1.82, 2.24) is 4.90 Å². The van der Waals surface area contributed by atoms with Gasteiger partial charge in [0.15, 0.2) is 0 Å². The highest BCUT2D eigenvalue weighted by molar-refractivity contribution is 9.10. The molecule has 1 amide bonds. The molecule has 0 aromatic heterocycles. The van der Waals surface area contributed by atoms with Gasteiger partial charge in [0, 0.05) is 6.42 Å². The Morgan fingerprint density at radius 1 is 1.19 bits per heavy atom. The Morgan fingerprint density at radius 2 is 1.81 bits per heavy atom. The molecule has 0 saturated carbocycles. The largest absolute Gasteiger partial charge is 0.487 e. The minimum atomic E-state index is -1.06. The number of hydrogen-bond donors (Lipinski definition) is 1. The fourth-order valence-electron chi connectivity index (χ4n) is 2.88. The highest BCUT2D eigenvalue weighted by atomic mass is 79.9. The van der Waals surface area contributed by atoms with Crippen molar-refractivity contribution in [2.75, 3.05) is 6.54 Å². The van der Waals surface area contributed by atoms with E-state index in [0.717, 1.165) is 10.0 Å². The molecule has 2 rings (SSSR count). The summed E-state index contributed by atoms with van der Waals surface area (Å²) >= 11 is 3.53. The second kappa shape index (κ2) is 7.70. The molecule has 1 saturated heterocycles. The molecule has 1 aromatic carbocycles. The lowest BCUT2D eigenvalue weighted by Crippen LogP contribution is -2.43. The van der Waals surface area contributed by atoms with Crippen molar-refractivity contribution < 1.29 is 24.2 Å². The van der Waals surface area contributed by atoms with E-state index in [0.29, 0.717) is 5.75 Å². The predicted molar refractivity (Wildman–Crippen MR) is 106 cm³/mol. The molecule has 1 heterocycles. The van der Waals surface area contributed by atoms with Crippen molar-refractivity contribution in [2.24, 2.45) is 0 Å². The molecule has 6 nitrogen and oxygen atoms in total. The van der Waals surface area contributed by atoms with Crippen LogP contribution in [0.25, 0.3) is 0 Å². The molecular weight excluding hydrogens is 414 g/mol. The molecule has 0 spiro atoms. The second-order valence-corrected chi connectivity index (χ2v) is 9.71. The zero-order valence-electron chi connectivity index (χ0n) is 16.7. The van der Waals surface area contributed by atoms with Crippen LogP contribution in [0.4, 0.5) is 4.79 Å². The Labute approximate surface area is 169 Å².